The number of aromatic nitrogens is 1. The Morgan fingerprint density at radius 3 is 2.08 bits per heavy atom. The molecule has 0 N–H and O–H groups in total. The quantitative estimate of drug-likeness (QED) is 0.353. The van der Waals surface area contributed by atoms with Crippen molar-refractivity contribution in [2.45, 2.75) is 91.9 Å². The molecule has 0 aromatic carbocycles. The van der Waals surface area contributed by atoms with Gasteiger partial charge in [0, 0.05) is 0 Å². The first kappa shape index (κ1) is 20.0. The first-order chi connectivity index (χ1) is 11.8. The van der Waals surface area contributed by atoms with Gasteiger partial charge in [-0.2, -0.15) is 0 Å². The molecule has 0 spiro atoms. The number of pyridine rings is 1. The Kier molecular flexibility index (Phi) is 8.86. The molecule has 1 aromatic rings. The molecule has 0 atom stereocenters. The van der Waals surface area contributed by atoms with E-state index in [4.69, 9.17) is 4.98 Å². The van der Waals surface area contributed by atoms with Crippen molar-refractivity contribution < 1.29 is 0 Å². The normalized spacial score (nSPS) is 14.9. The van der Waals surface area contributed by atoms with Gasteiger partial charge in [0.15, 0.2) is 0 Å². The number of unbranched alkanes of at least 4 members (excludes halogenated alkanes) is 3. The van der Waals surface area contributed by atoms with Crippen molar-refractivity contribution in [2.24, 2.45) is 0 Å². The van der Waals surface area contributed by atoms with Gasteiger partial charge in [0.1, 0.15) is 0 Å². The van der Waals surface area contributed by atoms with Crippen LogP contribution in [-0.2, 0) is 0 Å². The van der Waals surface area contributed by atoms with E-state index in [0.717, 1.165) is 0 Å². The minimum atomic E-state index is -2.36. The van der Waals surface area contributed by atoms with Gasteiger partial charge in [-0.25, -0.2) is 0 Å². The van der Waals surface area contributed by atoms with Gasteiger partial charge in [0.25, 0.3) is 0 Å². The summed E-state index contributed by atoms with van der Waals surface area (Å²) in [6.07, 6.45) is 16.7. The van der Waals surface area contributed by atoms with Crippen LogP contribution in [0.1, 0.15) is 84.1 Å². The summed E-state index contributed by atoms with van der Waals surface area (Å²) in [6.45, 7) is 7.05. The van der Waals surface area contributed by atoms with Crippen LogP contribution in [0.5, 0.6) is 0 Å². The van der Waals surface area contributed by atoms with Crippen molar-refractivity contribution in [3.8, 4) is 0 Å². The summed E-state index contributed by atoms with van der Waals surface area (Å²) in [5, 5.41) is 0. The van der Waals surface area contributed by atoms with Crippen LogP contribution in [0.2, 0.25) is 13.3 Å². The molecular formula is C22H37NSn. The van der Waals surface area contributed by atoms with Gasteiger partial charge in [-0.15, -0.1) is 0 Å². The van der Waals surface area contributed by atoms with Crippen molar-refractivity contribution in [3.05, 3.63) is 30.0 Å². The van der Waals surface area contributed by atoms with Crippen LogP contribution in [0.25, 0.3) is 5.57 Å². The van der Waals surface area contributed by atoms with Crippen molar-refractivity contribution in [2.75, 3.05) is 0 Å². The molecule has 0 bridgehead atoms. The molecule has 1 nitrogen and oxygen atoms in total. The van der Waals surface area contributed by atoms with E-state index in [1.165, 1.54) is 76.7 Å². The monoisotopic (exact) mass is 435 g/mol. The molecule has 2 heteroatoms. The fraction of sp³-hybridized carbons (Fsp3) is 0.682. The van der Waals surface area contributed by atoms with Gasteiger partial charge < -0.3 is 0 Å². The summed E-state index contributed by atoms with van der Waals surface area (Å²) in [7, 11) is 0. The van der Waals surface area contributed by atoms with Gasteiger partial charge in [-0.1, -0.05) is 0 Å². The molecule has 1 aliphatic rings. The van der Waals surface area contributed by atoms with E-state index in [1.807, 2.05) is 0 Å². The van der Waals surface area contributed by atoms with Crippen LogP contribution in [0, 0.1) is 0 Å². The van der Waals surface area contributed by atoms with Crippen LogP contribution in [-0.4, -0.2) is 23.4 Å². The Morgan fingerprint density at radius 1 is 0.958 bits per heavy atom. The third kappa shape index (κ3) is 5.34. The van der Waals surface area contributed by atoms with Crippen LogP contribution in [0.15, 0.2) is 24.4 Å². The Morgan fingerprint density at radius 2 is 1.58 bits per heavy atom. The fourth-order valence-electron chi connectivity index (χ4n) is 4.16. The molecular weight excluding hydrogens is 397 g/mol. The van der Waals surface area contributed by atoms with E-state index in [1.54, 1.807) is 9.28 Å². The zero-order valence-corrected chi connectivity index (χ0v) is 19.1. The van der Waals surface area contributed by atoms with E-state index >= 15 is 0 Å². The molecule has 1 aromatic heterocycles. The molecule has 0 saturated heterocycles. The zero-order chi connectivity index (χ0) is 17.3. The molecule has 24 heavy (non-hydrogen) atoms. The first-order valence-electron chi connectivity index (χ1n) is 10.4. The average Bonchev–Trinajstić information content (AvgIpc) is 3.16. The van der Waals surface area contributed by atoms with Gasteiger partial charge >= 0.3 is 154 Å². The van der Waals surface area contributed by atoms with Crippen LogP contribution in [0.4, 0.5) is 0 Å². The molecule has 0 amide bonds. The summed E-state index contributed by atoms with van der Waals surface area (Å²) >= 11 is -2.36. The number of hydrogen-bond acceptors (Lipinski definition) is 1. The van der Waals surface area contributed by atoms with E-state index in [9.17, 15) is 0 Å². The van der Waals surface area contributed by atoms with E-state index < -0.39 is 18.4 Å². The molecule has 0 radical (unpaired) electrons. The van der Waals surface area contributed by atoms with E-state index in [-0.39, 0.29) is 0 Å². The number of nitrogens with zero attached hydrogens (tertiary/aromatic N) is 1. The van der Waals surface area contributed by atoms with Crippen molar-refractivity contribution in [1.29, 1.82) is 0 Å². The van der Waals surface area contributed by atoms with Crippen LogP contribution >= 0.6 is 0 Å². The standard InChI is InChI=1S/C10H10N.3C4H9.Sn/c1-2-4-9(3-1)10-5-7-11-8-6-10;3*1-3-4-2;/h3,5-7H,1-2,4H2;3*1,3-4H2,2H3;. The van der Waals surface area contributed by atoms with E-state index in [2.05, 4.69) is 45.2 Å². The van der Waals surface area contributed by atoms with Crippen molar-refractivity contribution >= 4 is 27.7 Å². The average molecular weight is 434 g/mol. The number of hydrogen-bond donors (Lipinski definition) is 0. The predicted molar refractivity (Wildman–Crippen MR) is 111 cm³/mol. The second kappa shape index (κ2) is 10.6. The zero-order valence-electron chi connectivity index (χ0n) is 16.2. The third-order valence-electron chi connectivity index (χ3n) is 5.74. The second-order valence-electron chi connectivity index (χ2n) is 7.64. The molecule has 0 unspecified atom stereocenters. The fourth-order valence-corrected chi connectivity index (χ4v) is 19.6. The Bertz CT molecular complexity index is 499. The van der Waals surface area contributed by atoms with Gasteiger partial charge in [0.05, 0.1) is 0 Å². The molecule has 0 saturated carbocycles. The minimum absolute atomic E-state index is 1.27. The summed E-state index contributed by atoms with van der Waals surface area (Å²) in [6, 6.07) is 4.80. The number of allylic oxidation sites excluding steroid dienone is 2. The first-order valence-corrected chi connectivity index (χ1v) is 17.9. The summed E-state index contributed by atoms with van der Waals surface area (Å²) in [5.41, 5.74) is 3.07. The van der Waals surface area contributed by atoms with Crippen molar-refractivity contribution in [1.82, 2.24) is 4.98 Å². The summed E-state index contributed by atoms with van der Waals surface area (Å²) in [5.74, 6) is 0. The Hall–Kier alpha value is -0.311. The Labute approximate surface area is 154 Å². The molecule has 1 heterocycles. The molecule has 134 valence electrons. The maximum atomic E-state index is 5.01. The molecule has 1 aliphatic carbocycles. The summed E-state index contributed by atoms with van der Waals surface area (Å²) < 4.78 is 6.13. The molecule has 0 fully saturated rings. The maximum absolute atomic E-state index is 5.01. The summed E-state index contributed by atoms with van der Waals surface area (Å²) in [4.78, 5) is 5.01. The molecule has 2 rings (SSSR count). The van der Waals surface area contributed by atoms with Crippen molar-refractivity contribution in [3.63, 3.8) is 0 Å². The van der Waals surface area contributed by atoms with Gasteiger partial charge in [0.2, 0.25) is 0 Å². The second-order valence-corrected chi connectivity index (χ2v) is 20.7. The third-order valence-corrected chi connectivity index (χ3v) is 20.8. The SMILES string of the molecule is CCC[CH2][Sn]([CH2]CCC)([CH2]CCC)[c]1cc(C2=CCCC2)ccn1. The van der Waals surface area contributed by atoms with Gasteiger partial charge in [-0.05, 0) is 0 Å². The Balaban J connectivity index is 2.33. The molecule has 0 aliphatic heterocycles. The number of rotatable bonds is 11. The van der Waals surface area contributed by atoms with Crippen LogP contribution in [0.3, 0.4) is 0 Å². The van der Waals surface area contributed by atoms with Crippen LogP contribution < -0.4 is 3.71 Å². The van der Waals surface area contributed by atoms with Gasteiger partial charge in [-0.3, -0.25) is 0 Å². The predicted octanol–water partition coefficient (Wildman–Crippen LogP) is 6.71. The topological polar surface area (TPSA) is 12.9 Å². The van der Waals surface area contributed by atoms with E-state index in [0.29, 0.717) is 0 Å².